The first-order valence-electron chi connectivity index (χ1n) is 14.7. The number of allylic oxidation sites excluding steroid dienone is 1. The van der Waals surface area contributed by atoms with Crippen LogP contribution < -0.4 is 10.2 Å². The van der Waals surface area contributed by atoms with Crippen LogP contribution >= 0.6 is 27.5 Å². The van der Waals surface area contributed by atoms with Crippen molar-refractivity contribution in [3.05, 3.63) is 52.0 Å². The summed E-state index contributed by atoms with van der Waals surface area (Å²) in [6.07, 6.45) is 5.13. The van der Waals surface area contributed by atoms with E-state index in [-0.39, 0.29) is 37.9 Å². The molecule has 12 heteroatoms. The molecular formula is C31H37BrClN3O7. The van der Waals surface area contributed by atoms with E-state index in [2.05, 4.69) is 21.2 Å². The number of amides is 3. The maximum atomic E-state index is 14.9. The lowest BCUT2D eigenvalue weighted by atomic mass is 9.74. The standard InChI is InChI=1S/C31H37BrClN3O7/c1-4-17(2)22(16-37)36-27-29(40)35(21-11-8-7-10-20(21)33)13-9-5-6-12-23(38)34-15-18(3)42-30(41)24-25(28(36)39)31(27)14-19(32)26(24)43-31/h5,7-11,14,17-18,22,24-27,37H,4,6,12-13,15-16H2,1-3H3,(H,34,38)/b9-5-/t17-,18+,22-,24-,25+,26-,27-,31+/m0/s1. The van der Waals surface area contributed by atoms with Crippen molar-refractivity contribution >= 4 is 56.9 Å². The molecule has 5 rings (SSSR count). The minimum Gasteiger partial charge on any atom is -0.460 e. The molecule has 8 atom stereocenters. The van der Waals surface area contributed by atoms with E-state index in [0.29, 0.717) is 28.0 Å². The summed E-state index contributed by atoms with van der Waals surface area (Å²) in [6.45, 7) is 5.38. The van der Waals surface area contributed by atoms with Gasteiger partial charge in [-0.15, -0.1) is 0 Å². The molecule has 1 spiro atoms. The SMILES string of the molecule is CC[C@H](C)[C@H](CO)N1C(=O)[C@H]2[C@@H]3C(=O)O[C@H](C)CNC(=O)CC/C=C\CN(c4ccccc4Cl)C(=O)[C@H]1[C@@]21C=C(Br)[C@@H]3O1. The molecule has 4 heterocycles. The number of rotatable bonds is 5. The Bertz CT molecular complexity index is 1350. The van der Waals surface area contributed by atoms with Crippen molar-refractivity contribution in [3.8, 4) is 0 Å². The molecule has 2 saturated heterocycles. The van der Waals surface area contributed by atoms with E-state index in [1.54, 1.807) is 43.3 Å². The molecule has 2 N–H and O–H groups in total. The first-order valence-corrected chi connectivity index (χ1v) is 15.9. The molecule has 0 saturated carbocycles. The highest BCUT2D eigenvalue weighted by atomic mass is 79.9. The van der Waals surface area contributed by atoms with Crippen LogP contribution in [0.2, 0.25) is 5.02 Å². The Morgan fingerprint density at radius 3 is 2.63 bits per heavy atom. The number of carbonyl (C=O) groups excluding carboxylic acids is 4. The van der Waals surface area contributed by atoms with Crippen molar-refractivity contribution in [2.75, 3.05) is 24.6 Å². The highest BCUT2D eigenvalue weighted by molar-refractivity contribution is 9.11. The van der Waals surface area contributed by atoms with Crippen molar-refractivity contribution in [3.63, 3.8) is 0 Å². The molecule has 1 aromatic rings. The lowest BCUT2D eigenvalue weighted by Crippen LogP contribution is -2.59. The average molecular weight is 679 g/mol. The van der Waals surface area contributed by atoms with E-state index in [1.165, 1.54) is 9.80 Å². The molecule has 0 radical (unpaired) electrons. The predicted octanol–water partition coefficient (Wildman–Crippen LogP) is 3.35. The minimum absolute atomic E-state index is 0.105. The number of aliphatic hydroxyl groups is 1. The van der Waals surface area contributed by atoms with Crippen LogP contribution in [0.4, 0.5) is 5.69 Å². The third kappa shape index (κ3) is 5.54. The van der Waals surface area contributed by atoms with Gasteiger partial charge in [0.05, 0.1) is 35.8 Å². The summed E-state index contributed by atoms with van der Waals surface area (Å²) < 4.78 is 12.8. The van der Waals surface area contributed by atoms with Gasteiger partial charge in [0.1, 0.15) is 29.8 Å². The van der Waals surface area contributed by atoms with Crippen molar-refractivity contribution in [2.45, 2.75) is 69.9 Å². The van der Waals surface area contributed by atoms with Crippen molar-refractivity contribution in [1.82, 2.24) is 10.2 Å². The van der Waals surface area contributed by atoms with E-state index in [4.69, 9.17) is 21.1 Å². The Labute approximate surface area is 264 Å². The molecule has 0 aromatic heterocycles. The van der Waals surface area contributed by atoms with Crippen LogP contribution in [0.25, 0.3) is 0 Å². The summed E-state index contributed by atoms with van der Waals surface area (Å²) in [5.41, 5.74) is -1.05. The number of esters is 1. The van der Waals surface area contributed by atoms with Crippen molar-refractivity contribution < 1.29 is 33.8 Å². The molecule has 1 aromatic carbocycles. The van der Waals surface area contributed by atoms with E-state index in [0.717, 1.165) is 0 Å². The summed E-state index contributed by atoms with van der Waals surface area (Å²) in [5.74, 6) is -4.01. The van der Waals surface area contributed by atoms with E-state index in [1.807, 2.05) is 19.9 Å². The van der Waals surface area contributed by atoms with E-state index < -0.39 is 59.5 Å². The fourth-order valence-corrected chi connectivity index (χ4v) is 7.65. The number of hydrogen-bond donors (Lipinski definition) is 2. The normalized spacial score (nSPS) is 33.5. The number of anilines is 1. The highest BCUT2D eigenvalue weighted by Gasteiger charge is 2.75. The van der Waals surface area contributed by atoms with Gasteiger partial charge in [0.25, 0.3) is 5.91 Å². The summed E-state index contributed by atoms with van der Waals surface area (Å²) in [7, 11) is 0. The van der Waals surface area contributed by atoms with Gasteiger partial charge in [-0.1, -0.05) is 72.1 Å². The maximum absolute atomic E-state index is 14.9. The second kappa shape index (κ2) is 12.7. The molecule has 0 unspecified atom stereocenters. The van der Waals surface area contributed by atoms with Gasteiger partial charge in [-0.05, 0) is 37.5 Å². The molecule has 232 valence electrons. The summed E-state index contributed by atoms with van der Waals surface area (Å²) >= 11 is 10.2. The number of nitrogens with zero attached hydrogens (tertiary/aromatic N) is 2. The van der Waals surface area contributed by atoms with Gasteiger partial charge in [-0.25, -0.2) is 0 Å². The van der Waals surface area contributed by atoms with Gasteiger partial charge in [0.15, 0.2) is 0 Å². The zero-order chi connectivity index (χ0) is 31.1. The number of halogens is 2. The van der Waals surface area contributed by atoms with Crippen LogP contribution in [0.3, 0.4) is 0 Å². The lowest BCUT2D eigenvalue weighted by Gasteiger charge is -2.40. The number of aliphatic hydroxyl groups excluding tert-OH is 1. The fourth-order valence-electron chi connectivity index (χ4n) is 6.68. The largest absolute Gasteiger partial charge is 0.460 e. The molecule has 2 fully saturated rings. The second-order valence-electron chi connectivity index (χ2n) is 11.7. The molecule has 4 aliphatic heterocycles. The van der Waals surface area contributed by atoms with Gasteiger partial charge in [0.2, 0.25) is 11.8 Å². The van der Waals surface area contributed by atoms with Crippen LogP contribution in [0.1, 0.15) is 40.0 Å². The number of hydrogen-bond acceptors (Lipinski definition) is 7. The molecule has 0 aliphatic carbocycles. The molecular weight excluding hydrogens is 642 g/mol. The van der Waals surface area contributed by atoms with Crippen molar-refractivity contribution in [2.24, 2.45) is 17.8 Å². The molecule has 3 amide bonds. The monoisotopic (exact) mass is 677 g/mol. The molecule has 43 heavy (non-hydrogen) atoms. The highest BCUT2D eigenvalue weighted by Crippen LogP contribution is 2.59. The number of para-hydroxylation sites is 1. The van der Waals surface area contributed by atoms with Crippen molar-refractivity contribution in [1.29, 1.82) is 0 Å². The quantitative estimate of drug-likeness (QED) is 0.362. The Hall–Kier alpha value is -2.73. The van der Waals surface area contributed by atoms with E-state index in [9.17, 15) is 24.3 Å². The number of likely N-dealkylation sites (tertiary alicyclic amines) is 1. The lowest BCUT2D eigenvalue weighted by molar-refractivity contribution is -0.159. The van der Waals surface area contributed by atoms with Gasteiger partial charge in [-0.3, -0.25) is 19.2 Å². The molecule has 10 nitrogen and oxygen atoms in total. The smallest absolute Gasteiger partial charge is 0.313 e. The topological polar surface area (TPSA) is 125 Å². The number of cyclic esters (lactones) is 1. The first-order chi connectivity index (χ1) is 20.5. The fraction of sp³-hybridized carbons (Fsp3) is 0.548. The molecule has 4 aliphatic rings. The molecule has 5 bridgehead atoms. The third-order valence-electron chi connectivity index (χ3n) is 9.02. The van der Waals surface area contributed by atoms with Gasteiger partial charge in [-0.2, -0.15) is 0 Å². The van der Waals surface area contributed by atoms with Gasteiger partial charge < -0.3 is 29.7 Å². The van der Waals surface area contributed by atoms with Crippen LogP contribution in [0.5, 0.6) is 0 Å². The predicted molar refractivity (Wildman–Crippen MR) is 163 cm³/mol. The third-order valence-corrected chi connectivity index (χ3v) is 10.0. The van der Waals surface area contributed by atoms with Crippen LogP contribution in [0.15, 0.2) is 47.0 Å². The number of fused-ring (bicyclic) bond motifs is 2. The zero-order valence-electron chi connectivity index (χ0n) is 24.4. The zero-order valence-corrected chi connectivity index (χ0v) is 26.7. The van der Waals surface area contributed by atoms with Crippen LogP contribution in [0, 0.1) is 17.8 Å². The maximum Gasteiger partial charge on any atom is 0.313 e. The number of benzene rings is 1. The van der Waals surface area contributed by atoms with Gasteiger partial charge >= 0.3 is 5.97 Å². The Morgan fingerprint density at radius 2 is 1.93 bits per heavy atom. The number of ether oxygens (including phenoxy) is 2. The summed E-state index contributed by atoms with van der Waals surface area (Å²) in [4.78, 5) is 58.5. The second-order valence-corrected chi connectivity index (χ2v) is 13.0. The Balaban J connectivity index is 1.68. The number of nitrogens with one attached hydrogen (secondary N) is 1. The van der Waals surface area contributed by atoms with Crippen LogP contribution in [-0.4, -0.2) is 83.3 Å². The summed E-state index contributed by atoms with van der Waals surface area (Å²) in [5, 5.41) is 13.7. The van der Waals surface area contributed by atoms with Crippen LogP contribution in [-0.2, 0) is 28.7 Å². The average Bonchev–Trinajstić information content (AvgIpc) is 3.57. The first kappa shape index (κ1) is 31.7. The number of carbonyl (C=O) groups is 4. The van der Waals surface area contributed by atoms with E-state index >= 15 is 0 Å². The minimum atomic E-state index is -1.49. The van der Waals surface area contributed by atoms with Gasteiger partial charge in [0, 0.05) is 17.4 Å². The Morgan fingerprint density at radius 1 is 1.19 bits per heavy atom. The summed E-state index contributed by atoms with van der Waals surface area (Å²) in [6, 6.07) is 5.01. The Kier molecular flexibility index (Phi) is 9.37.